The number of hydrogen-bond acceptors (Lipinski definition) is 9. The highest BCUT2D eigenvalue weighted by atomic mass is 32.1. The van der Waals surface area contributed by atoms with Gasteiger partial charge in [-0.2, -0.15) is 0 Å². The van der Waals surface area contributed by atoms with E-state index in [2.05, 4.69) is 30.0 Å². The van der Waals surface area contributed by atoms with Crippen LogP contribution in [0.3, 0.4) is 0 Å². The molecule has 0 aliphatic heterocycles. The van der Waals surface area contributed by atoms with E-state index in [1.165, 1.54) is 42.2 Å². The Kier molecular flexibility index (Phi) is 4.67. The van der Waals surface area contributed by atoms with Gasteiger partial charge in [-0.25, -0.2) is 24.7 Å². The number of nitrogens with zero attached hydrogens (tertiary/aromatic N) is 4. The van der Waals surface area contributed by atoms with Crippen LogP contribution in [-0.4, -0.2) is 38.2 Å². The first-order valence-corrected chi connectivity index (χ1v) is 8.52. The molecule has 3 heterocycles. The molecule has 0 aromatic carbocycles. The molecule has 2 N–H and O–H groups in total. The van der Waals surface area contributed by atoms with Crippen molar-refractivity contribution >= 4 is 28.8 Å². The van der Waals surface area contributed by atoms with Crippen molar-refractivity contribution in [3.8, 4) is 27.2 Å². The summed E-state index contributed by atoms with van der Waals surface area (Å²) in [7, 11) is 1.32. The van der Waals surface area contributed by atoms with Gasteiger partial charge >= 0.3 is 12.1 Å². The van der Waals surface area contributed by atoms with Crippen LogP contribution in [0.5, 0.6) is 6.01 Å². The molecule has 3 aromatic rings. The van der Waals surface area contributed by atoms with Crippen LogP contribution in [-0.2, 0) is 11.3 Å². The van der Waals surface area contributed by atoms with Crippen molar-refractivity contribution in [2.45, 2.75) is 13.5 Å². The summed E-state index contributed by atoms with van der Waals surface area (Å²) < 4.78 is 4.54. The highest BCUT2D eigenvalue weighted by molar-refractivity contribution is 7.16. The summed E-state index contributed by atoms with van der Waals surface area (Å²) in [6, 6.07) is -0.267. The maximum absolute atomic E-state index is 11.1. The van der Waals surface area contributed by atoms with E-state index in [1.807, 2.05) is 12.3 Å². The van der Waals surface area contributed by atoms with Gasteiger partial charge in [0.15, 0.2) is 0 Å². The van der Waals surface area contributed by atoms with E-state index >= 15 is 0 Å². The average Bonchev–Trinajstić information content (AvgIpc) is 3.20. The third-order valence-electron chi connectivity index (χ3n) is 3.03. The summed E-state index contributed by atoms with van der Waals surface area (Å²) in [5.41, 5.74) is 2.39. The van der Waals surface area contributed by atoms with Gasteiger partial charge in [-0.3, -0.25) is 0 Å². The van der Waals surface area contributed by atoms with Gasteiger partial charge in [0.2, 0.25) is 0 Å². The Bertz CT molecular complexity index is 860. The summed E-state index contributed by atoms with van der Waals surface area (Å²) >= 11 is 2.93. The molecular formula is C14H13N5O3S2. The topological polar surface area (TPSA) is 110 Å². The smallest absolute Gasteiger partial charge is 0.407 e. The van der Waals surface area contributed by atoms with Crippen LogP contribution in [0.2, 0.25) is 0 Å². The second-order valence-corrected chi connectivity index (χ2v) is 6.62. The minimum Gasteiger partial charge on any atom is -0.479 e. The molecule has 3 rings (SSSR count). The number of amides is 1. The Hall–Kier alpha value is -2.59. The quantitative estimate of drug-likeness (QED) is 0.733. The van der Waals surface area contributed by atoms with Crippen molar-refractivity contribution < 1.29 is 14.6 Å². The third-order valence-corrected chi connectivity index (χ3v) is 5.10. The Balaban J connectivity index is 1.81. The SMILES string of the molecule is COC(=O)NCc1nc(C)c(-c2csc(-c3cnc(O)nc3)n2)s1. The van der Waals surface area contributed by atoms with Crippen molar-refractivity contribution in [3.05, 3.63) is 28.5 Å². The molecule has 0 saturated heterocycles. The fourth-order valence-electron chi connectivity index (χ4n) is 1.93. The fraction of sp³-hybridized carbons (Fsp3) is 0.214. The molecule has 124 valence electrons. The number of thiazole rings is 2. The van der Waals surface area contributed by atoms with Crippen LogP contribution >= 0.6 is 22.7 Å². The zero-order valence-electron chi connectivity index (χ0n) is 12.8. The normalized spacial score (nSPS) is 10.6. The van der Waals surface area contributed by atoms with Gasteiger partial charge in [0.25, 0.3) is 0 Å². The molecule has 3 aromatic heterocycles. The molecule has 0 saturated carbocycles. The van der Waals surface area contributed by atoms with Gasteiger partial charge in [-0.1, -0.05) is 0 Å². The van der Waals surface area contributed by atoms with Crippen molar-refractivity contribution in [2.24, 2.45) is 0 Å². The monoisotopic (exact) mass is 363 g/mol. The Labute approximate surface area is 145 Å². The van der Waals surface area contributed by atoms with Gasteiger partial charge in [0.1, 0.15) is 10.0 Å². The maximum Gasteiger partial charge on any atom is 0.407 e. The molecule has 0 fully saturated rings. The Morgan fingerprint density at radius 2 is 2.08 bits per heavy atom. The lowest BCUT2D eigenvalue weighted by molar-refractivity contribution is 0.170. The number of methoxy groups -OCH3 is 1. The molecular weight excluding hydrogens is 350 g/mol. The second kappa shape index (κ2) is 6.89. The summed E-state index contributed by atoms with van der Waals surface area (Å²) in [6.45, 7) is 2.21. The van der Waals surface area contributed by atoms with E-state index < -0.39 is 6.09 Å². The molecule has 24 heavy (non-hydrogen) atoms. The number of hydrogen-bond donors (Lipinski definition) is 2. The lowest BCUT2D eigenvalue weighted by Gasteiger charge is -1.99. The lowest BCUT2D eigenvalue weighted by atomic mass is 10.3. The standard InChI is InChI=1S/C14H13N5O3S2/c1-7-11(24-10(18-7)5-17-14(21)22-2)9-6-23-12(19-9)8-3-15-13(20)16-4-8/h3-4,6H,5H2,1-2H3,(H,17,21)(H,15,16,20). The number of nitrogens with one attached hydrogen (secondary N) is 1. The van der Waals surface area contributed by atoms with Crippen molar-refractivity contribution in [2.75, 3.05) is 7.11 Å². The molecule has 0 atom stereocenters. The molecule has 0 bridgehead atoms. The van der Waals surface area contributed by atoms with Gasteiger partial charge in [-0.15, -0.1) is 22.7 Å². The van der Waals surface area contributed by atoms with Crippen LogP contribution < -0.4 is 5.32 Å². The third kappa shape index (κ3) is 3.49. The summed E-state index contributed by atoms with van der Waals surface area (Å²) in [5, 5.41) is 15.2. The van der Waals surface area contributed by atoms with E-state index in [9.17, 15) is 4.79 Å². The summed E-state index contributed by atoms with van der Waals surface area (Å²) in [6.07, 6.45) is 2.56. The van der Waals surface area contributed by atoms with E-state index in [4.69, 9.17) is 5.11 Å². The van der Waals surface area contributed by atoms with Gasteiger partial charge in [0.05, 0.1) is 29.9 Å². The first kappa shape index (κ1) is 16.3. The zero-order valence-corrected chi connectivity index (χ0v) is 14.4. The predicted molar refractivity (Wildman–Crippen MR) is 89.9 cm³/mol. The van der Waals surface area contributed by atoms with Crippen LogP contribution in [0.15, 0.2) is 17.8 Å². The Morgan fingerprint density at radius 3 is 2.79 bits per heavy atom. The second-order valence-electron chi connectivity index (χ2n) is 4.68. The molecule has 8 nitrogen and oxygen atoms in total. The molecule has 10 heteroatoms. The van der Waals surface area contributed by atoms with E-state index in [0.29, 0.717) is 6.54 Å². The number of aryl methyl sites for hydroxylation is 1. The summed E-state index contributed by atoms with van der Waals surface area (Å²) in [4.78, 5) is 28.6. The highest BCUT2D eigenvalue weighted by Gasteiger charge is 2.14. The van der Waals surface area contributed by atoms with E-state index in [0.717, 1.165) is 31.8 Å². The molecule has 0 aliphatic rings. The van der Waals surface area contributed by atoms with E-state index in [1.54, 1.807) is 0 Å². The van der Waals surface area contributed by atoms with Crippen molar-refractivity contribution in [3.63, 3.8) is 0 Å². The number of alkyl carbamates (subject to hydrolysis) is 1. The molecule has 0 spiro atoms. The first-order valence-electron chi connectivity index (χ1n) is 6.82. The predicted octanol–water partition coefficient (Wildman–Crippen LogP) is 2.59. The molecule has 1 amide bonds. The van der Waals surface area contributed by atoms with E-state index in [-0.39, 0.29) is 6.01 Å². The number of ether oxygens (including phenoxy) is 1. The average molecular weight is 363 g/mol. The van der Waals surface area contributed by atoms with Crippen LogP contribution in [0.4, 0.5) is 4.79 Å². The molecule has 0 aliphatic carbocycles. The van der Waals surface area contributed by atoms with Gasteiger partial charge < -0.3 is 15.2 Å². The maximum atomic E-state index is 11.1. The largest absolute Gasteiger partial charge is 0.479 e. The van der Waals surface area contributed by atoms with Crippen LogP contribution in [0.1, 0.15) is 10.7 Å². The van der Waals surface area contributed by atoms with Gasteiger partial charge in [0, 0.05) is 23.3 Å². The first-order chi connectivity index (χ1) is 11.6. The Morgan fingerprint density at radius 1 is 1.33 bits per heavy atom. The van der Waals surface area contributed by atoms with Crippen molar-refractivity contribution in [1.29, 1.82) is 0 Å². The zero-order chi connectivity index (χ0) is 17.1. The number of carbonyl (C=O) groups excluding carboxylic acids is 1. The highest BCUT2D eigenvalue weighted by Crippen LogP contribution is 2.33. The van der Waals surface area contributed by atoms with Crippen LogP contribution in [0.25, 0.3) is 21.1 Å². The number of aromatic nitrogens is 4. The minimum absolute atomic E-state index is 0.267. The minimum atomic E-state index is -0.493. The van der Waals surface area contributed by atoms with Crippen molar-refractivity contribution in [1.82, 2.24) is 25.3 Å². The lowest BCUT2D eigenvalue weighted by Crippen LogP contribution is -2.22. The van der Waals surface area contributed by atoms with Crippen LogP contribution in [0, 0.1) is 6.92 Å². The number of aromatic hydroxyl groups is 1. The fourth-order valence-corrected chi connectivity index (χ4v) is 3.75. The van der Waals surface area contributed by atoms with Gasteiger partial charge in [-0.05, 0) is 6.92 Å². The number of carbonyl (C=O) groups is 1. The molecule has 0 radical (unpaired) electrons. The number of rotatable bonds is 4. The summed E-state index contributed by atoms with van der Waals surface area (Å²) in [5.74, 6) is 0. The molecule has 0 unspecified atom stereocenters.